The van der Waals surface area contributed by atoms with E-state index in [2.05, 4.69) is 28.9 Å². The lowest BCUT2D eigenvalue weighted by molar-refractivity contribution is -0.155. The minimum Gasteiger partial charge on any atom is -0.465 e. The van der Waals surface area contributed by atoms with Gasteiger partial charge in [0.15, 0.2) is 5.92 Å². The number of benzene rings is 2. The molecule has 0 saturated carbocycles. The van der Waals surface area contributed by atoms with Crippen molar-refractivity contribution in [2.24, 2.45) is 11.8 Å². The number of carbonyl (C=O) groups is 2. The molecule has 1 aliphatic carbocycles. The number of rotatable bonds is 6. The van der Waals surface area contributed by atoms with Gasteiger partial charge in [0.05, 0.1) is 23.7 Å². The molecular formula is C27H29N3O3. The van der Waals surface area contributed by atoms with E-state index >= 15 is 0 Å². The molecule has 2 aromatic carbocycles. The number of aromatic nitrogens is 2. The number of ether oxygens (including phenoxy) is 1. The molecule has 1 amide bonds. The van der Waals surface area contributed by atoms with E-state index in [-0.39, 0.29) is 24.5 Å². The predicted octanol–water partition coefficient (Wildman–Crippen LogP) is 4.70. The van der Waals surface area contributed by atoms with Crippen LogP contribution in [0.2, 0.25) is 0 Å². The Kier molecular flexibility index (Phi) is 5.99. The Morgan fingerprint density at radius 1 is 1.09 bits per heavy atom. The van der Waals surface area contributed by atoms with Crippen LogP contribution in [0, 0.1) is 11.8 Å². The van der Waals surface area contributed by atoms with Gasteiger partial charge in [0.1, 0.15) is 0 Å². The van der Waals surface area contributed by atoms with Crippen LogP contribution in [0.15, 0.2) is 66.7 Å². The summed E-state index contributed by atoms with van der Waals surface area (Å²) in [7, 11) is 0. The highest BCUT2D eigenvalue weighted by molar-refractivity contribution is 6.08. The van der Waals surface area contributed by atoms with E-state index in [0.29, 0.717) is 18.9 Å². The number of para-hydroxylation sites is 2. The summed E-state index contributed by atoms with van der Waals surface area (Å²) in [5.74, 6) is -0.706. The van der Waals surface area contributed by atoms with E-state index in [1.54, 1.807) is 11.8 Å². The molecule has 0 saturated heterocycles. The van der Waals surface area contributed by atoms with E-state index in [1.165, 1.54) is 0 Å². The standard InChI is InChI=1S/C27H29N3O3/c1-2-33-26(32)23-24(20-13-7-4-8-14-20)30-22-16-10-9-15-21(22)28-27(30)29(25(23)31)18-17-19-11-5-3-6-12-19/h3-7,9-12,15-16,20,23-24H,2,8,13-14,17-18H2,1H3/t20-,23-,24+/m1/s1. The molecular weight excluding hydrogens is 414 g/mol. The van der Waals surface area contributed by atoms with Gasteiger partial charge in [-0.25, -0.2) is 4.98 Å². The van der Waals surface area contributed by atoms with E-state index in [4.69, 9.17) is 9.72 Å². The highest BCUT2D eigenvalue weighted by atomic mass is 16.5. The van der Waals surface area contributed by atoms with Crippen LogP contribution < -0.4 is 4.90 Å². The molecule has 1 aliphatic heterocycles. The van der Waals surface area contributed by atoms with Gasteiger partial charge in [-0.1, -0.05) is 54.6 Å². The molecule has 33 heavy (non-hydrogen) atoms. The molecule has 0 N–H and O–H groups in total. The molecule has 5 rings (SSSR count). The molecule has 1 aromatic heterocycles. The molecule has 6 nitrogen and oxygen atoms in total. The van der Waals surface area contributed by atoms with E-state index in [9.17, 15) is 9.59 Å². The Bertz CT molecular complexity index is 1180. The van der Waals surface area contributed by atoms with Crippen LogP contribution in [0.1, 0.15) is 37.8 Å². The molecule has 6 heteroatoms. The highest BCUT2D eigenvalue weighted by Crippen LogP contribution is 2.44. The zero-order valence-corrected chi connectivity index (χ0v) is 18.9. The zero-order chi connectivity index (χ0) is 22.8. The summed E-state index contributed by atoms with van der Waals surface area (Å²) in [5.41, 5.74) is 2.93. The number of esters is 1. The molecule has 3 atom stereocenters. The van der Waals surface area contributed by atoms with Crippen LogP contribution in [0.5, 0.6) is 0 Å². The number of fused-ring (bicyclic) bond motifs is 3. The lowest BCUT2D eigenvalue weighted by Gasteiger charge is -2.41. The maximum absolute atomic E-state index is 13.9. The van der Waals surface area contributed by atoms with Crippen molar-refractivity contribution in [1.82, 2.24) is 9.55 Å². The first-order valence-electron chi connectivity index (χ1n) is 11.8. The zero-order valence-electron chi connectivity index (χ0n) is 18.9. The van der Waals surface area contributed by atoms with Crippen molar-refractivity contribution in [2.75, 3.05) is 18.1 Å². The second kappa shape index (κ2) is 9.22. The summed E-state index contributed by atoms with van der Waals surface area (Å²) in [4.78, 5) is 33.7. The van der Waals surface area contributed by atoms with Gasteiger partial charge < -0.3 is 9.30 Å². The average Bonchev–Trinajstić information content (AvgIpc) is 3.23. The summed E-state index contributed by atoms with van der Waals surface area (Å²) in [6, 6.07) is 17.7. The number of anilines is 1. The van der Waals surface area contributed by atoms with Crippen molar-refractivity contribution in [3.05, 3.63) is 72.3 Å². The van der Waals surface area contributed by atoms with Crippen molar-refractivity contribution in [2.45, 2.75) is 38.6 Å². The Morgan fingerprint density at radius 2 is 1.88 bits per heavy atom. The van der Waals surface area contributed by atoms with Crippen molar-refractivity contribution in [3.63, 3.8) is 0 Å². The fourth-order valence-electron chi connectivity index (χ4n) is 5.26. The third kappa shape index (κ3) is 3.94. The van der Waals surface area contributed by atoms with Crippen LogP contribution in [0.3, 0.4) is 0 Å². The minimum absolute atomic E-state index is 0.168. The van der Waals surface area contributed by atoms with Crippen LogP contribution >= 0.6 is 0 Å². The number of carbonyl (C=O) groups excluding carboxylic acids is 2. The normalized spacial score (nSPS) is 22.4. The quantitative estimate of drug-likeness (QED) is 0.315. The van der Waals surface area contributed by atoms with Crippen molar-refractivity contribution < 1.29 is 14.3 Å². The third-order valence-electron chi connectivity index (χ3n) is 6.79. The number of hydrogen-bond donors (Lipinski definition) is 0. The van der Waals surface area contributed by atoms with Gasteiger partial charge in [-0.05, 0) is 56.2 Å². The number of allylic oxidation sites excluding steroid dienone is 2. The lowest BCUT2D eigenvalue weighted by atomic mass is 9.79. The first-order valence-corrected chi connectivity index (χ1v) is 11.8. The van der Waals surface area contributed by atoms with Crippen molar-refractivity contribution in [3.8, 4) is 0 Å². The molecule has 3 aromatic rings. The van der Waals surface area contributed by atoms with Crippen LogP contribution in [-0.2, 0) is 20.7 Å². The number of hydrogen-bond acceptors (Lipinski definition) is 4. The largest absolute Gasteiger partial charge is 0.465 e. The van der Waals surface area contributed by atoms with Crippen LogP contribution in [0.25, 0.3) is 11.0 Å². The van der Waals surface area contributed by atoms with E-state index in [0.717, 1.165) is 35.9 Å². The maximum Gasteiger partial charge on any atom is 0.320 e. The molecule has 2 heterocycles. The smallest absolute Gasteiger partial charge is 0.320 e. The first-order chi connectivity index (χ1) is 16.2. The summed E-state index contributed by atoms with van der Waals surface area (Å²) in [5, 5.41) is 0. The summed E-state index contributed by atoms with van der Waals surface area (Å²) in [6.45, 7) is 2.50. The van der Waals surface area contributed by atoms with Crippen molar-refractivity contribution in [1.29, 1.82) is 0 Å². The van der Waals surface area contributed by atoms with Gasteiger partial charge in [0, 0.05) is 6.54 Å². The van der Waals surface area contributed by atoms with Gasteiger partial charge in [-0.2, -0.15) is 0 Å². The Hall–Kier alpha value is -3.41. The number of amides is 1. The molecule has 170 valence electrons. The first kappa shape index (κ1) is 21.4. The fourth-order valence-corrected chi connectivity index (χ4v) is 5.26. The Balaban J connectivity index is 1.63. The van der Waals surface area contributed by atoms with Gasteiger partial charge in [-0.15, -0.1) is 0 Å². The van der Waals surface area contributed by atoms with E-state index in [1.807, 2.05) is 42.5 Å². The summed E-state index contributed by atoms with van der Waals surface area (Å²) < 4.78 is 7.60. The topological polar surface area (TPSA) is 64.4 Å². The number of imidazole rings is 1. The third-order valence-corrected chi connectivity index (χ3v) is 6.79. The minimum atomic E-state index is -0.873. The molecule has 0 unspecified atom stereocenters. The Morgan fingerprint density at radius 3 is 2.64 bits per heavy atom. The lowest BCUT2D eigenvalue weighted by Crippen LogP contribution is -2.52. The molecule has 0 radical (unpaired) electrons. The summed E-state index contributed by atoms with van der Waals surface area (Å²) in [6.07, 6.45) is 7.75. The molecule has 0 fully saturated rings. The van der Waals surface area contributed by atoms with Crippen LogP contribution in [0.4, 0.5) is 5.95 Å². The van der Waals surface area contributed by atoms with Gasteiger partial charge in [-0.3, -0.25) is 14.5 Å². The van der Waals surface area contributed by atoms with Gasteiger partial charge >= 0.3 is 5.97 Å². The predicted molar refractivity (Wildman–Crippen MR) is 128 cm³/mol. The number of nitrogens with zero attached hydrogens (tertiary/aromatic N) is 3. The highest BCUT2D eigenvalue weighted by Gasteiger charge is 2.49. The Labute approximate surface area is 193 Å². The van der Waals surface area contributed by atoms with E-state index < -0.39 is 11.9 Å². The molecule has 0 spiro atoms. The SMILES string of the molecule is CCOC(=O)[C@H]1C(=O)N(CCc2ccccc2)c2nc3ccccc3n2[C@H]1[C@@H]1CC=CCC1. The maximum atomic E-state index is 13.9. The molecule has 0 bridgehead atoms. The van der Waals surface area contributed by atoms with Crippen molar-refractivity contribution >= 4 is 28.9 Å². The second-order valence-corrected chi connectivity index (χ2v) is 8.76. The van der Waals surface area contributed by atoms with Crippen LogP contribution in [-0.4, -0.2) is 34.6 Å². The van der Waals surface area contributed by atoms with Gasteiger partial charge in [0.25, 0.3) is 0 Å². The second-order valence-electron chi connectivity index (χ2n) is 8.76. The fraction of sp³-hybridized carbons (Fsp3) is 0.370. The van der Waals surface area contributed by atoms with Gasteiger partial charge in [0.2, 0.25) is 11.9 Å². The average molecular weight is 444 g/mol. The summed E-state index contributed by atoms with van der Waals surface area (Å²) >= 11 is 0. The molecule has 2 aliphatic rings. The monoisotopic (exact) mass is 443 g/mol.